The van der Waals surface area contributed by atoms with Crippen LogP contribution in [-0.2, 0) is 22.4 Å². The van der Waals surface area contributed by atoms with Crippen LogP contribution in [0.5, 0.6) is 0 Å². The van der Waals surface area contributed by atoms with Crippen molar-refractivity contribution in [1.82, 2.24) is 4.90 Å². The molecular weight excluding hydrogens is 438 g/mol. The molecule has 11 heteroatoms. The van der Waals surface area contributed by atoms with Gasteiger partial charge in [0.15, 0.2) is 0 Å². The number of rotatable bonds is 5. The van der Waals surface area contributed by atoms with Crippen molar-refractivity contribution in [3.05, 3.63) is 55.4 Å². The SMILES string of the molecule is COC(=O)c1c(NC(=O)CN2C(=O)c3cccc([N+](=O)[O-])c3C2=O)sc2c1CCCCC2. The molecule has 2 aromatic rings. The maximum Gasteiger partial charge on any atom is 0.341 e. The highest BCUT2D eigenvalue weighted by Gasteiger charge is 2.41. The third kappa shape index (κ3) is 3.64. The van der Waals surface area contributed by atoms with E-state index in [1.165, 1.54) is 30.6 Å². The van der Waals surface area contributed by atoms with E-state index in [-0.39, 0.29) is 11.1 Å². The van der Waals surface area contributed by atoms with E-state index in [0.717, 1.165) is 42.2 Å². The number of nitrogens with zero attached hydrogens (tertiary/aromatic N) is 2. The second-order valence-corrected chi connectivity index (χ2v) is 8.57. The van der Waals surface area contributed by atoms with E-state index < -0.39 is 40.8 Å². The summed E-state index contributed by atoms with van der Waals surface area (Å²) in [7, 11) is 1.26. The van der Waals surface area contributed by atoms with Crippen LogP contribution >= 0.6 is 11.3 Å². The molecule has 166 valence electrons. The first kappa shape index (κ1) is 21.6. The zero-order valence-corrected chi connectivity index (χ0v) is 18.0. The molecule has 3 amide bonds. The van der Waals surface area contributed by atoms with E-state index in [2.05, 4.69) is 5.32 Å². The number of nitrogens with one attached hydrogen (secondary N) is 1. The van der Waals surface area contributed by atoms with Crippen molar-refractivity contribution in [3.8, 4) is 0 Å². The number of nitro benzene ring substituents is 1. The molecule has 4 rings (SSSR count). The van der Waals surface area contributed by atoms with Crippen LogP contribution in [0.15, 0.2) is 18.2 Å². The number of thiophene rings is 1. The minimum atomic E-state index is -0.900. The number of aryl methyl sites for hydroxylation is 1. The molecule has 1 aliphatic heterocycles. The fraction of sp³-hybridized carbons (Fsp3) is 0.333. The lowest BCUT2D eigenvalue weighted by Gasteiger charge is -2.13. The minimum Gasteiger partial charge on any atom is -0.465 e. The summed E-state index contributed by atoms with van der Waals surface area (Å²) >= 11 is 1.29. The molecule has 1 N–H and O–H groups in total. The van der Waals surface area contributed by atoms with Crippen molar-refractivity contribution in [2.45, 2.75) is 32.1 Å². The van der Waals surface area contributed by atoms with Gasteiger partial charge >= 0.3 is 5.97 Å². The van der Waals surface area contributed by atoms with E-state index in [1.807, 2.05) is 0 Å². The quantitative estimate of drug-likeness (QED) is 0.240. The summed E-state index contributed by atoms with van der Waals surface area (Å²) in [6, 6.07) is 3.76. The van der Waals surface area contributed by atoms with Gasteiger partial charge in [-0.2, -0.15) is 0 Å². The highest BCUT2D eigenvalue weighted by Crippen LogP contribution is 2.38. The molecule has 10 nitrogen and oxygen atoms in total. The van der Waals surface area contributed by atoms with Crippen LogP contribution < -0.4 is 5.32 Å². The number of amides is 3. The van der Waals surface area contributed by atoms with Crippen LogP contribution in [0.25, 0.3) is 0 Å². The van der Waals surface area contributed by atoms with Gasteiger partial charge in [-0.15, -0.1) is 11.3 Å². The van der Waals surface area contributed by atoms with Crippen molar-refractivity contribution >= 4 is 45.7 Å². The Balaban J connectivity index is 1.58. The molecule has 0 atom stereocenters. The van der Waals surface area contributed by atoms with Crippen molar-refractivity contribution in [2.24, 2.45) is 0 Å². The van der Waals surface area contributed by atoms with E-state index >= 15 is 0 Å². The van der Waals surface area contributed by atoms with Gasteiger partial charge < -0.3 is 10.1 Å². The molecule has 32 heavy (non-hydrogen) atoms. The zero-order chi connectivity index (χ0) is 23.0. The van der Waals surface area contributed by atoms with Crippen LogP contribution in [0.4, 0.5) is 10.7 Å². The molecule has 0 unspecified atom stereocenters. The number of imide groups is 1. The van der Waals surface area contributed by atoms with Gasteiger partial charge in [-0.3, -0.25) is 29.4 Å². The Labute approximate surface area is 186 Å². The molecular formula is C21H19N3O7S. The predicted molar refractivity (Wildman–Crippen MR) is 114 cm³/mol. The summed E-state index contributed by atoms with van der Waals surface area (Å²) in [5.41, 5.74) is 0.244. The Kier molecular flexibility index (Phi) is 5.74. The van der Waals surface area contributed by atoms with Crippen molar-refractivity contribution in [2.75, 3.05) is 19.0 Å². The number of methoxy groups -OCH3 is 1. The average molecular weight is 457 g/mol. The molecule has 2 aliphatic rings. The number of anilines is 1. The normalized spacial score (nSPS) is 15.1. The second-order valence-electron chi connectivity index (χ2n) is 7.46. The standard InChI is InChI=1S/C21H19N3O7S/c1-31-21(28)17-11-6-3-2-4-9-14(11)32-18(17)22-15(25)10-23-19(26)12-7-5-8-13(24(29)30)16(12)20(23)27/h5,7-8H,2-4,6,9-10H2,1H3,(H,22,25). The summed E-state index contributed by atoms with van der Waals surface area (Å²) in [4.78, 5) is 62.6. The molecule has 1 aromatic heterocycles. The first-order valence-electron chi connectivity index (χ1n) is 9.99. The smallest absolute Gasteiger partial charge is 0.341 e. The lowest BCUT2D eigenvalue weighted by Crippen LogP contribution is -2.37. The van der Waals surface area contributed by atoms with Crippen LogP contribution in [0.1, 0.15) is 60.8 Å². The Hall–Kier alpha value is -3.60. The van der Waals surface area contributed by atoms with Gasteiger partial charge in [0.05, 0.1) is 23.2 Å². The van der Waals surface area contributed by atoms with Crippen molar-refractivity contribution in [3.63, 3.8) is 0 Å². The monoisotopic (exact) mass is 457 g/mol. The zero-order valence-electron chi connectivity index (χ0n) is 17.1. The van der Waals surface area contributed by atoms with E-state index in [9.17, 15) is 29.3 Å². The topological polar surface area (TPSA) is 136 Å². The Morgan fingerprint density at radius 1 is 1.19 bits per heavy atom. The first-order chi connectivity index (χ1) is 15.3. The number of fused-ring (bicyclic) bond motifs is 2. The van der Waals surface area contributed by atoms with Gasteiger partial charge in [-0.25, -0.2) is 4.79 Å². The highest BCUT2D eigenvalue weighted by molar-refractivity contribution is 7.17. The van der Waals surface area contributed by atoms with Crippen molar-refractivity contribution in [1.29, 1.82) is 0 Å². The molecule has 0 spiro atoms. The molecule has 0 bridgehead atoms. The fourth-order valence-electron chi connectivity index (χ4n) is 4.07. The maximum atomic E-state index is 12.7. The third-order valence-corrected chi connectivity index (χ3v) is 6.75. The van der Waals surface area contributed by atoms with Gasteiger partial charge in [0.25, 0.3) is 17.5 Å². The van der Waals surface area contributed by atoms with Gasteiger partial charge in [0, 0.05) is 10.9 Å². The van der Waals surface area contributed by atoms with Gasteiger partial charge in [-0.1, -0.05) is 12.5 Å². The third-order valence-electron chi connectivity index (χ3n) is 5.54. The summed E-state index contributed by atoms with van der Waals surface area (Å²) in [6.45, 7) is -0.632. The van der Waals surface area contributed by atoms with Crippen LogP contribution in [0.2, 0.25) is 0 Å². The number of ether oxygens (including phenoxy) is 1. The first-order valence-corrected chi connectivity index (χ1v) is 10.8. The van der Waals surface area contributed by atoms with Crippen molar-refractivity contribution < 1.29 is 28.8 Å². The maximum absolute atomic E-state index is 12.7. The van der Waals surface area contributed by atoms with Gasteiger partial charge in [0.1, 0.15) is 17.1 Å². The molecule has 1 aromatic carbocycles. The number of carbonyl (C=O) groups is 4. The summed E-state index contributed by atoms with van der Waals surface area (Å²) in [5, 5.41) is 14.2. The Morgan fingerprint density at radius 2 is 1.94 bits per heavy atom. The fourth-order valence-corrected chi connectivity index (χ4v) is 5.36. The number of carbonyl (C=O) groups excluding carboxylic acids is 4. The molecule has 0 saturated heterocycles. The van der Waals surface area contributed by atoms with E-state index in [1.54, 1.807) is 0 Å². The molecule has 2 heterocycles. The largest absolute Gasteiger partial charge is 0.465 e. The Bertz CT molecular complexity index is 1170. The van der Waals surface area contributed by atoms with Gasteiger partial charge in [0.2, 0.25) is 5.91 Å². The van der Waals surface area contributed by atoms with Crippen LogP contribution in [-0.4, -0.2) is 47.2 Å². The summed E-state index contributed by atoms with van der Waals surface area (Å²) in [6.07, 6.45) is 4.45. The number of benzene rings is 1. The van der Waals surface area contributed by atoms with Crippen LogP contribution in [0, 0.1) is 10.1 Å². The number of hydrogen-bond acceptors (Lipinski definition) is 8. The summed E-state index contributed by atoms with van der Waals surface area (Å²) in [5.74, 6) is -2.93. The minimum absolute atomic E-state index is 0.116. The lowest BCUT2D eigenvalue weighted by molar-refractivity contribution is -0.385. The molecule has 0 saturated carbocycles. The predicted octanol–water partition coefficient (Wildman–Crippen LogP) is 2.95. The Morgan fingerprint density at radius 3 is 2.66 bits per heavy atom. The number of esters is 1. The second kappa shape index (κ2) is 8.50. The molecule has 1 aliphatic carbocycles. The lowest BCUT2D eigenvalue weighted by atomic mass is 10.1. The van der Waals surface area contributed by atoms with E-state index in [4.69, 9.17) is 4.74 Å². The number of hydrogen-bond donors (Lipinski definition) is 1. The summed E-state index contributed by atoms with van der Waals surface area (Å²) < 4.78 is 4.90. The molecule has 0 radical (unpaired) electrons. The van der Waals surface area contributed by atoms with E-state index in [0.29, 0.717) is 21.9 Å². The molecule has 0 fully saturated rings. The van der Waals surface area contributed by atoms with Crippen LogP contribution in [0.3, 0.4) is 0 Å². The average Bonchev–Trinajstić information content (AvgIpc) is 3.10. The highest BCUT2D eigenvalue weighted by atomic mass is 32.1. The number of nitro groups is 1. The van der Waals surface area contributed by atoms with Gasteiger partial charge in [-0.05, 0) is 37.3 Å².